The number of rotatable bonds is 8. The van der Waals surface area contributed by atoms with Gasteiger partial charge in [0.15, 0.2) is 5.76 Å². The number of aromatic carboxylic acids is 1. The van der Waals surface area contributed by atoms with Gasteiger partial charge < -0.3 is 24.3 Å². The molecule has 1 heterocycles. The fourth-order valence-corrected chi connectivity index (χ4v) is 1.79. The molecule has 0 spiro atoms. The quantitative estimate of drug-likeness (QED) is 0.722. The Kier molecular flexibility index (Phi) is 5.76. The third-order valence-electron chi connectivity index (χ3n) is 2.97. The van der Waals surface area contributed by atoms with Gasteiger partial charge in [0.1, 0.15) is 12.4 Å². The largest absolute Gasteiger partial charge is 0.491 e. The van der Waals surface area contributed by atoms with Crippen LogP contribution in [0.1, 0.15) is 26.7 Å². The van der Waals surface area contributed by atoms with Crippen molar-refractivity contribution in [2.24, 2.45) is 0 Å². The summed E-state index contributed by atoms with van der Waals surface area (Å²) in [5.41, 5.74) is 0.877. The fourth-order valence-electron chi connectivity index (χ4n) is 1.79. The predicted molar refractivity (Wildman–Crippen MR) is 80.7 cm³/mol. The Labute approximate surface area is 132 Å². The number of carbonyl (C=O) groups is 2. The second-order valence-corrected chi connectivity index (χ2v) is 4.64. The molecule has 0 saturated carbocycles. The minimum absolute atomic E-state index is 0.0399. The van der Waals surface area contributed by atoms with Crippen LogP contribution in [-0.4, -0.2) is 37.3 Å². The van der Waals surface area contributed by atoms with Crippen LogP contribution in [0.3, 0.4) is 0 Å². The highest BCUT2D eigenvalue weighted by atomic mass is 16.5. The van der Waals surface area contributed by atoms with Crippen LogP contribution in [0.4, 0.5) is 0 Å². The van der Waals surface area contributed by atoms with Crippen molar-refractivity contribution in [3.05, 3.63) is 53.5 Å². The van der Waals surface area contributed by atoms with Crippen molar-refractivity contribution in [2.75, 3.05) is 20.3 Å². The first-order valence-corrected chi connectivity index (χ1v) is 6.92. The van der Waals surface area contributed by atoms with Crippen molar-refractivity contribution in [1.29, 1.82) is 0 Å². The summed E-state index contributed by atoms with van der Waals surface area (Å²) in [5, 5.41) is 11.4. The van der Waals surface area contributed by atoms with E-state index in [4.69, 9.17) is 19.0 Å². The molecule has 0 bridgehead atoms. The van der Waals surface area contributed by atoms with E-state index < -0.39 is 11.9 Å². The van der Waals surface area contributed by atoms with Gasteiger partial charge in [-0.05, 0) is 29.8 Å². The van der Waals surface area contributed by atoms with Gasteiger partial charge in [-0.1, -0.05) is 12.1 Å². The Hall–Kier alpha value is -2.80. The van der Waals surface area contributed by atoms with Crippen molar-refractivity contribution in [3.63, 3.8) is 0 Å². The number of carbonyl (C=O) groups excluding carboxylic acids is 1. The number of nitrogens with one attached hydrogen (secondary N) is 1. The van der Waals surface area contributed by atoms with Crippen molar-refractivity contribution in [3.8, 4) is 5.75 Å². The van der Waals surface area contributed by atoms with Crippen LogP contribution in [0.5, 0.6) is 5.75 Å². The molecule has 122 valence electrons. The summed E-state index contributed by atoms with van der Waals surface area (Å²) >= 11 is 0. The Morgan fingerprint density at radius 1 is 1.09 bits per heavy atom. The lowest BCUT2D eigenvalue weighted by molar-refractivity contribution is 0.0659. The number of amides is 1. The number of carboxylic acids is 1. The minimum atomic E-state index is -1.21. The second-order valence-electron chi connectivity index (χ2n) is 4.64. The summed E-state index contributed by atoms with van der Waals surface area (Å²) in [6.45, 7) is 1.27. The summed E-state index contributed by atoms with van der Waals surface area (Å²) < 4.78 is 15.3. The van der Waals surface area contributed by atoms with E-state index in [1.165, 1.54) is 12.1 Å². The first-order valence-electron chi connectivity index (χ1n) is 6.92. The molecule has 1 aromatic carbocycles. The second kappa shape index (κ2) is 8.00. The molecule has 0 unspecified atom stereocenters. The molecule has 7 heteroatoms. The Bertz CT molecular complexity index is 661. The lowest BCUT2D eigenvalue weighted by Crippen LogP contribution is -2.22. The third kappa shape index (κ3) is 4.86. The van der Waals surface area contributed by atoms with E-state index in [2.05, 4.69) is 5.32 Å². The SMILES string of the molecule is COCCOc1ccc(CNC(=O)c2ccc(C(=O)O)o2)cc1. The molecule has 0 aliphatic carbocycles. The maximum absolute atomic E-state index is 11.9. The summed E-state index contributed by atoms with van der Waals surface area (Å²) in [7, 11) is 1.60. The Morgan fingerprint density at radius 2 is 1.78 bits per heavy atom. The molecule has 0 aliphatic rings. The molecular formula is C16H17NO6. The highest BCUT2D eigenvalue weighted by Gasteiger charge is 2.14. The molecule has 2 aromatic rings. The van der Waals surface area contributed by atoms with Crippen LogP contribution in [0, 0.1) is 0 Å². The van der Waals surface area contributed by atoms with Crippen LogP contribution in [0.2, 0.25) is 0 Å². The van der Waals surface area contributed by atoms with Gasteiger partial charge in [0.25, 0.3) is 5.91 Å². The minimum Gasteiger partial charge on any atom is -0.491 e. The van der Waals surface area contributed by atoms with Gasteiger partial charge >= 0.3 is 5.97 Å². The number of furan rings is 1. The molecule has 0 fully saturated rings. The van der Waals surface area contributed by atoms with Crippen molar-refractivity contribution in [2.45, 2.75) is 6.54 Å². The number of hydrogen-bond acceptors (Lipinski definition) is 5. The van der Waals surface area contributed by atoms with Crippen LogP contribution in [-0.2, 0) is 11.3 Å². The van der Waals surface area contributed by atoms with Gasteiger partial charge in [-0.3, -0.25) is 4.79 Å². The van der Waals surface area contributed by atoms with Gasteiger partial charge in [0, 0.05) is 13.7 Å². The monoisotopic (exact) mass is 319 g/mol. The van der Waals surface area contributed by atoms with Gasteiger partial charge in [-0.15, -0.1) is 0 Å². The molecule has 0 radical (unpaired) electrons. The average molecular weight is 319 g/mol. The standard InChI is InChI=1S/C16H17NO6/c1-21-8-9-22-12-4-2-11(3-5-12)10-17-15(18)13-6-7-14(23-13)16(19)20/h2-7H,8-10H2,1H3,(H,17,18)(H,19,20). The molecule has 1 aromatic heterocycles. The first kappa shape index (κ1) is 16.6. The molecule has 23 heavy (non-hydrogen) atoms. The molecule has 1 amide bonds. The number of carboxylic acid groups (broad SMARTS) is 1. The number of hydrogen-bond donors (Lipinski definition) is 2. The van der Waals surface area contributed by atoms with Crippen molar-refractivity contribution < 1.29 is 28.6 Å². The topological polar surface area (TPSA) is 98.0 Å². The first-order chi connectivity index (χ1) is 11.1. The average Bonchev–Trinajstić information content (AvgIpc) is 3.04. The van der Waals surface area contributed by atoms with Gasteiger partial charge in [-0.2, -0.15) is 0 Å². The highest BCUT2D eigenvalue weighted by Crippen LogP contribution is 2.12. The summed E-state index contributed by atoms with van der Waals surface area (Å²) in [5.74, 6) is -1.28. The van der Waals surface area contributed by atoms with Gasteiger partial charge in [-0.25, -0.2) is 4.79 Å². The normalized spacial score (nSPS) is 10.3. The number of methoxy groups -OCH3 is 1. The highest BCUT2D eigenvalue weighted by molar-refractivity contribution is 5.93. The molecule has 7 nitrogen and oxygen atoms in total. The zero-order valence-corrected chi connectivity index (χ0v) is 12.6. The molecule has 0 aliphatic heterocycles. The van der Waals surface area contributed by atoms with E-state index in [-0.39, 0.29) is 11.5 Å². The Balaban J connectivity index is 1.84. The van der Waals surface area contributed by atoms with Crippen molar-refractivity contribution >= 4 is 11.9 Å². The third-order valence-corrected chi connectivity index (χ3v) is 2.97. The maximum atomic E-state index is 11.9. The summed E-state index contributed by atoms with van der Waals surface area (Å²) in [6, 6.07) is 9.81. The van der Waals surface area contributed by atoms with Crippen LogP contribution < -0.4 is 10.1 Å². The van der Waals surface area contributed by atoms with E-state index in [9.17, 15) is 9.59 Å². The van der Waals surface area contributed by atoms with Gasteiger partial charge in [0.05, 0.1) is 6.61 Å². The Morgan fingerprint density at radius 3 is 2.39 bits per heavy atom. The number of ether oxygens (including phenoxy) is 2. The van der Waals surface area contributed by atoms with Gasteiger partial charge in [0.2, 0.25) is 5.76 Å². The van der Waals surface area contributed by atoms with Crippen LogP contribution in [0.25, 0.3) is 0 Å². The summed E-state index contributed by atoms with van der Waals surface area (Å²) in [6.07, 6.45) is 0. The van der Waals surface area contributed by atoms with E-state index in [1.807, 2.05) is 12.1 Å². The smallest absolute Gasteiger partial charge is 0.371 e. The van der Waals surface area contributed by atoms with E-state index in [1.54, 1.807) is 19.2 Å². The molecule has 0 saturated heterocycles. The van der Waals surface area contributed by atoms with Crippen LogP contribution in [0.15, 0.2) is 40.8 Å². The molecule has 2 N–H and O–H groups in total. The predicted octanol–water partition coefficient (Wildman–Crippen LogP) is 1.93. The zero-order chi connectivity index (χ0) is 16.7. The maximum Gasteiger partial charge on any atom is 0.371 e. The van der Waals surface area contributed by atoms with E-state index in [0.717, 1.165) is 5.56 Å². The zero-order valence-electron chi connectivity index (χ0n) is 12.6. The van der Waals surface area contributed by atoms with Crippen LogP contribution >= 0.6 is 0 Å². The molecular weight excluding hydrogens is 302 g/mol. The lowest BCUT2D eigenvalue weighted by atomic mass is 10.2. The fraction of sp³-hybridized carbons (Fsp3) is 0.250. The van der Waals surface area contributed by atoms with Crippen molar-refractivity contribution in [1.82, 2.24) is 5.32 Å². The lowest BCUT2D eigenvalue weighted by Gasteiger charge is -2.07. The number of benzene rings is 1. The summed E-state index contributed by atoms with van der Waals surface area (Å²) in [4.78, 5) is 22.6. The van der Waals surface area contributed by atoms with E-state index >= 15 is 0 Å². The van der Waals surface area contributed by atoms with E-state index in [0.29, 0.717) is 25.5 Å². The molecule has 0 atom stereocenters. The molecule has 2 rings (SSSR count).